The van der Waals surface area contributed by atoms with E-state index in [9.17, 15) is 0 Å². The maximum absolute atomic E-state index is 3.45. The molecular weight excluding hydrogens is 172 g/mol. The zero-order chi connectivity index (χ0) is 10.4. The van der Waals surface area contributed by atoms with E-state index in [2.05, 4.69) is 31.1 Å². The van der Waals surface area contributed by atoms with Crippen LogP contribution in [0.4, 0.5) is 0 Å². The summed E-state index contributed by atoms with van der Waals surface area (Å²) in [6.45, 7) is 8.50. The van der Waals surface area contributed by atoms with E-state index < -0.39 is 0 Å². The molecular formula is C12H26N2. The van der Waals surface area contributed by atoms with Crippen molar-refractivity contribution in [2.75, 3.05) is 26.7 Å². The highest BCUT2D eigenvalue weighted by atomic mass is 15.1. The van der Waals surface area contributed by atoms with E-state index in [-0.39, 0.29) is 0 Å². The van der Waals surface area contributed by atoms with Gasteiger partial charge in [-0.25, -0.2) is 0 Å². The SMILES string of the molecule is CCCCN1CCC(NC)C(CC)C1. The molecule has 2 atom stereocenters. The number of rotatable bonds is 5. The van der Waals surface area contributed by atoms with Crippen LogP contribution in [0.3, 0.4) is 0 Å². The first-order chi connectivity index (χ1) is 6.81. The highest BCUT2D eigenvalue weighted by molar-refractivity contribution is 4.83. The Morgan fingerprint density at radius 3 is 2.71 bits per heavy atom. The molecule has 1 heterocycles. The van der Waals surface area contributed by atoms with Gasteiger partial charge in [0.25, 0.3) is 0 Å². The maximum atomic E-state index is 3.45. The number of hydrogen-bond acceptors (Lipinski definition) is 2. The van der Waals surface area contributed by atoms with Gasteiger partial charge in [0.15, 0.2) is 0 Å². The van der Waals surface area contributed by atoms with Gasteiger partial charge in [0.2, 0.25) is 0 Å². The number of unbranched alkanes of at least 4 members (excludes halogenated alkanes) is 1. The molecule has 2 heteroatoms. The average molecular weight is 198 g/mol. The Kier molecular flexibility index (Phi) is 5.49. The van der Waals surface area contributed by atoms with Gasteiger partial charge >= 0.3 is 0 Å². The first-order valence-electron chi connectivity index (χ1n) is 6.21. The molecule has 2 nitrogen and oxygen atoms in total. The van der Waals surface area contributed by atoms with Gasteiger partial charge in [0.05, 0.1) is 0 Å². The Bertz CT molecular complexity index is 147. The van der Waals surface area contributed by atoms with Crippen molar-refractivity contribution in [3.63, 3.8) is 0 Å². The lowest BCUT2D eigenvalue weighted by molar-refractivity contribution is 0.137. The van der Waals surface area contributed by atoms with Crippen LogP contribution in [0.25, 0.3) is 0 Å². The first kappa shape index (κ1) is 12.0. The standard InChI is InChI=1S/C12H26N2/c1-4-6-8-14-9-7-12(13-3)11(5-2)10-14/h11-13H,4-10H2,1-3H3. The van der Waals surface area contributed by atoms with Gasteiger partial charge in [-0.05, 0) is 38.9 Å². The Labute approximate surface area is 89.1 Å². The van der Waals surface area contributed by atoms with Crippen LogP contribution >= 0.6 is 0 Å². The fourth-order valence-corrected chi connectivity index (χ4v) is 2.49. The Morgan fingerprint density at radius 1 is 1.36 bits per heavy atom. The molecule has 0 bridgehead atoms. The van der Waals surface area contributed by atoms with Crippen molar-refractivity contribution >= 4 is 0 Å². The van der Waals surface area contributed by atoms with Gasteiger partial charge in [-0.2, -0.15) is 0 Å². The molecule has 0 aliphatic carbocycles. The normalized spacial score (nSPS) is 29.4. The summed E-state index contributed by atoms with van der Waals surface area (Å²) in [7, 11) is 2.11. The zero-order valence-corrected chi connectivity index (χ0v) is 10.1. The van der Waals surface area contributed by atoms with E-state index in [1.165, 1.54) is 45.3 Å². The van der Waals surface area contributed by atoms with Crippen LogP contribution in [0.1, 0.15) is 39.5 Å². The molecule has 0 aromatic rings. The molecule has 1 N–H and O–H groups in total. The van der Waals surface area contributed by atoms with Crippen molar-refractivity contribution in [1.82, 2.24) is 10.2 Å². The molecule has 0 aromatic carbocycles. The van der Waals surface area contributed by atoms with Gasteiger partial charge in [0, 0.05) is 12.6 Å². The first-order valence-corrected chi connectivity index (χ1v) is 6.21. The summed E-state index contributed by atoms with van der Waals surface area (Å²) in [5.74, 6) is 0.866. The number of nitrogens with zero attached hydrogens (tertiary/aromatic N) is 1. The van der Waals surface area contributed by atoms with Crippen LogP contribution < -0.4 is 5.32 Å². The third-order valence-electron chi connectivity index (χ3n) is 3.54. The van der Waals surface area contributed by atoms with E-state index in [0.29, 0.717) is 0 Å². The molecule has 84 valence electrons. The van der Waals surface area contributed by atoms with Gasteiger partial charge in [-0.3, -0.25) is 0 Å². The maximum Gasteiger partial charge on any atom is 0.0117 e. The summed E-state index contributed by atoms with van der Waals surface area (Å²) in [6.07, 6.45) is 5.33. The topological polar surface area (TPSA) is 15.3 Å². The van der Waals surface area contributed by atoms with Crippen molar-refractivity contribution in [2.45, 2.75) is 45.6 Å². The van der Waals surface area contributed by atoms with Crippen LogP contribution in [0.2, 0.25) is 0 Å². The van der Waals surface area contributed by atoms with Gasteiger partial charge in [-0.15, -0.1) is 0 Å². The molecule has 1 aliphatic rings. The van der Waals surface area contributed by atoms with Crippen LogP contribution in [0, 0.1) is 5.92 Å². The predicted molar refractivity (Wildman–Crippen MR) is 62.6 cm³/mol. The monoisotopic (exact) mass is 198 g/mol. The van der Waals surface area contributed by atoms with Crippen LogP contribution in [0.15, 0.2) is 0 Å². The van der Waals surface area contributed by atoms with Crippen LogP contribution in [0.5, 0.6) is 0 Å². The second kappa shape index (κ2) is 6.41. The van der Waals surface area contributed by atoms with Gasteiger partial charge in [-0.1, -0.05) is 26.7 Å². The number of hydrogen-bond donors (Lipinski definition) is 1. The molecule has 2 unspecified atom stereocenters. The second-order valence-electron chi connectivity index (χ2n) is 4.51. The van der Waals surface area contributed by atoms with Crippen molar-refractivity contribution in [2.24, 2.45) is 5.92 Å². The molecule has 0 radical (unpaired) electrons. The van der Waals surface area contributed by atoms with E-state index >= 15 is 0 Å². The molecule has 0 aromatic heterocycles. The lowest BCUT2D eigenvalue weighted by Gasteiger charge is -2.38. The quantitative estimate of drug-likeness (QED) is 0.728. The highest BCUT2D eigenvalue weighted by Gasteiger charge is 2.25. The van der Waals surface area contributed by atoms with E-state index in [1.54, 1.807) is 0 Å². The van der Waals surface area contributed by atoms with E-state index in [0.717, 1.165) is 12.0 Å². The van der Waals surface area contributed by atoms with Crippen molar-refractivity contribution in [3.8, 4) is 0 Å². The summed E-state index contributed by atoms with van der Waals surface area (Å²) < 4.78 is 0. The minimum atomic E-state index is 0.762. The third-order valence-corrected chi connectivity index (χ3v) is 3.54. The highest BCUT2D eigenvalue weighted by Crippen LogP contribution is 2.20. The molecule has 14 heavy (non-hydrogen) atoms. The minimum absolute atomic E-state index is 0.762. The lowest BCUT2D eigenvalue weighted by atomic mass is 9.90. The Morgan fingerprint density at radius 2 is 2.14 bits per heavy atom. The van der Waals surface area contributed by atoms with Crippen molar-refractivity contribution in [3.05, 3.63) is 0 Å². The van der Waals surface area contributed by atoms with Crippen LogP contribution in [-0.2, 0) is 0 Å². The average Bonchev–Trinajstić information content (AvgIpc) is 2.25. The summed E-state index contributed by atoms with van der Waals surface area (Å²) in [6, 6.07) is 0.762. The fourth-order valence-electron chi connectivity index (χ4n) is 2.49. The van der Waals surface area contributed by atoms with E-state index in [1.807, 2.05) is 0 Å². The molecule has 1 rings (SSSR count). The summed E-state index contributed by atoms with van der Waals surface area (Å²) in [5, 5.41) is 3.45. The van der Waals surface area contributed by atoms with Gasteiger partial charge in [0.1, 0.15) is 0 Å². The molecule has 0 amide bonds. The van der Waals surface area contributed by atoms with Crippen LogP contribution in [-0.4, -0.2) is 37.6 Å². The van der Waals surface area contributed by atoms with Crippen molar-refractivity contribution in [1.29, 1.82) is 0 Å². The largest absolute Gasteiger partial charge is 0.317 e. The molecule has 1 aliphatic heterocycles. The summed E-state index contributed by atoms with van der Waals surface area (Å²) in [4.78, 5) is 2.64. The smallest absolute Gasteiger partial charge is 0.0117 e. The second-order valence-corrected chi connectivity index (χ2v) is 4.51. The van der Waals surface area contributed by atoms with E-state index in [4.69, 9.17) is 0 Å². The molecule has 0 saturated carbocycles. The molecule has 1 saturated heterocycles. The number of nitrogens with one attached hydrogen (secondary N) is 1. The zero-order valence-electron chi connectivity index (χ0n) is 10.1. The minimum Gasteiger partial charge on any atom is -0.317 e. The molecule has 0 spiro atoms. The third kappa shape index (κ3) is 3.25. The lowest BCUT2D eigenvalue weighted by Crippen LogP contribution is -2.48. The van der Waals surface area contributed by atoms with Gasteiger partial charge < -0.3 is 10.2 Å². The predicted octanol–water partition coefficient (Wildman–Crippen LogP) is 2.11. The number of piperidine rings is 1. The summed E-state index contributed by atoms with van der Waals surface area (Å²) >= 11 is 0. The molecule has 1 fully saturated rings. The summed E-state index contributed by atoms with van der Waals surface area (Å²) in [5.41, 5.74) is 0. The van der Waals surface area contributed by atoms with Crippen molar-refractivity contribution < 1.29 is 0 Å². The number of likely N-dealkylation sites (tertiary alicyclic amines) is 1. The Balaban J connectivity index is 2.32. The Hall–Kier alpha value is -0.0800. The fraction of sp³-hybridized carbons (Fsp3) is 1.00.